The van der Waals surface area contributed by atoms with Crippen molar-refractivity contribution in [2.45, 2.75) is 39.5 Å². The average Bonchev–Trinajstić information content (AvgIpc) is 2.58. The van der Waals surface area contributed by atoms with Crippen molar-refractivity contribution in [2.24, 2.45) is 0 Å². The van der Waals surface area contributed by atoms with Gasteiger partial charge in [0, 0.05) is 37.6 Å². The first kappa shape index (κ1) is 17.3. The Morgan fingerprint density at radius 1 is 1.04 bits per heavy atom. The van der Waals surface area contributed by atoms with Gasteiger partial charge in [0.15, 0.2) is 0 Å². The van der Waals surface area contributed by atoms with Crippen LogP contribution < -0.4 is 10.2 Å². The zero-order chi connectivity index (χ0) is 16.7. The first-order chi connectivity index (χ1) is 11.1. The number of anilines is 2. The van der Waals surface area contributed by atoms with Crippen molar-refractivity contribution >= 4 is 23.2 Å². The Hall–Kier alpha value is -2.04. The molecular formula is C18H27N3O2. The fourth-order valence-electron chi connectivity index (χ4n) is 2.94. The molecule has 5 nitrogen and oxygen atoms in total. The van der Waals surface area contributed by atoms with E-state index in [0.717, 1.165) is 50.4 Å². The monoisotopic (exact) mass is 317 g/mol. The topological polar surface area (TPSA) is 52.7 Å². The number of carbonyl (C=O) groups excluding carboxylic acids is 2. The van der Waals surface area contributed by atoms with E-state index in [9.17, 15) is 9.59 Å². The van der Waals surface area contributed by atoms with Crippen LogP contribution in [0.2, 0.25) is 0 Å². The Morgan fingerprint density at radius 3 is 2.22 bits per heavy atom. The van der Waals surface area contributed by atoms with Crippen LogP contribution in [0.25, 0.3) is 0 Å². The van der Waals surface area contributed by atoms with E-state index in [1.165, 1.54) is 6.42 Å². The highest BCUT2D eigenvalue weighted by molar-refractivity contribution is 6.03. The van der Waals surface area contributed by atoms with Crippen molar-refractivity contribution in [2.75, 3.05) is 36.4 Å². The number of likely N-dealkylation sites (tertiary alicyclic amines) is 1. The van der Waals surface area contributed by atoms with Crippen molar-refractivity contribution in [1.29, 1.82) is 0 Å². The lowest BCUT2D eigenvalue weighted by Crippen LogP contribution is -2.37. The second kappa shape index (κ2) is 8.56. The maximum absolute atomic E-state index is 12.1. The fraction of sp³-hybridized carbons (Fsp3) is 0.556. The molecule has 1 aromatic carbocycles. The van der Waals surface area contributed by atoms with Gasteiger partial charge in [-0.05, 0) is 57.4 Å². The lowest BCUT2D eigenvalue weighted by molar-refractivity contribution is -0.135. The van der Waals surface area contributed by atoms with E-state index in [2.05, 4.69) is 24.1 Å². The fourth-order valence-corrected chi connectivity index (χ4v) is 2.94. The van der Waals surface area contributed by atoms with E-state index in [1.807, 2.05) is 24.3 Å². The Morgan fingerprint density at radius 2 is 1.65 bits per heavy atom. The Kier molecular flexibility index (Phi) is 6.44. The minimum absolute atomic E-state index is 0.0676. The van der Waals surface area contributed by atoms with Gasteiger partial charge in [-0.25, -0.2) is 0 Å². The van der Waals surface area contributed by atoms with E-state index in [1.54, 1.807) is 4.90 Å². The van der Waals surface area contributed by atoms with E-state index in [0.29, 0.717) is 0 Å². The smallest absolute Gasteiger partial charge is 0.233 e. The molecule has 2 rings (SSSR count). The van der Waals surface area contributed by atoms with Gasteiger partial charge in [-0.1, -0.05) is 0 Å². The summed E-state index contributed by atoms with van der Waals surface area (Å²) in [4.78, 5) is 28.1. The number of rotatable bonds is 6. The predicted octanol–water partition coefficient (Wildman–Crippen LogP) is 2.87. The highest BCUT2D eigenvalue weighted by atomic mass is 16.2. The summed E-state index contributed by atoms with van der Waals surface area (Å²) in [5.74, 6) is -0.307. The molecule has 1 saturated heterocycles. The molecule has 23 heavy (non-hydrogen) atoms. The molecule has 2 amide bonds. The highest BCUT2D eigenvalue weighted by Crippen LogP contribution is 2.18. The molecule has 0 spiro atoms. The van der Waals surface area contributed by atoms with Crippen LogP contribution in [0, 0.1) is 0 Å². The molecule has 0 saturated carbocycles. The van der Waals surface area contributed by atoms with Gasteiger partial charge in [0.25, 0.3) is 0 Å². The molecule has 1 heterocycles. The number of piperidine rings is 1. The molecule has 126 valence electrons. The molecule has 0 aliphatic carbocycles. The molecular weight excluding hydrogens is 290 g/mol. The summed E-state index contributed by atoms with van der Waals surface area (Å²) in [6, 6.07) is 7.76. The summed E-state index contributed by atoms with van der Waals surface area (Å²) in [7, 11) is 0. The Labute approximate surface area is 138 Å². The van der Waals surface area contributed by atoms with Crippen LogP contribution in [0.1, 0.15) is 39.5 Å². The van der Waals surface area contributed by atoms with Crippen molar-refractivity contribution in [3.63, 3.8) is 0 Å². The van der Waals surface area contributed by atoms with Gasteiger partial charge in [0.2, 0.25) is 11.8 Å². The first-order valence-corrected chi connectivity index (χ1v) is 8.56. The third-order valence-electron chi connectivity index (χ3n) is 4.30. The van der Waals surface area contributed by atoms with E-state index in [-0.39, 0.29) is 18.2 Å². The lowest BCUT2D eigenvalue weighted by Gasteiger charge is -2.26. The van der Waals surface area contributed by atoms with Crippen molar-refractivity contribution in [3.05, 3.63) is 24.3 Å². The number of hydrogen-bond donors (Lipinski definition) is 1. The summed E-state index contributed by atoms with van der Waals surface area (Å²) in [6.07, 6.45) is 3.19. The first-order valence-electron chi connectivity index (χ1n) is 8.56. The molecule has 0 unspecified atom stereocenters. The highest BCUT2D eigenvalue weighted by Gasteiger charge is 2.19. The second-order valence-electron chi connectivity index (χ2n) is 5.89. The van der Waals surface area contributed by atoms with Crippen molar-refractivity contribution in [1.82, 2.24) is 4.90 Å². The minimum Gasteiger partial charge on any atom is -0.372 e. The van der Waals surface area contributed by atoms with Crippen LogP contribution in [0.5, 0.6) is 0 Å². The van der Waals surface area contributed by atoms with Gasteiger partial charge in [0.05, 0.1) is 0 Å². The summed E-state index contributed by atoms with van der Waals surface area (Å²) in [5.41, 5.74) is 1.87. The molecule has 1 aliphatic heterocycles. The normalized spacial score (nSPS) is 14.4. The molecule has 5 heteroatoms. The summed E-state index contributed by atoms with van der Waals surface area (Å²) < 4.78 is 0. The SMILES string of the molecule is CCN(CC)c1ccc(NC(=O)CC(=O)N2CCCCC2)cc1. The van der Waals surface area contributed by atoms with Gasteiger partial charge in [-0.2, -0.15) is 0 Å². The van der Waals surface area contributed by atoms with E-state index in [4.69, 9.17) is 0 Å². The van der Waals surface area contributed by atoms with Gasteiger partial charge in [-0.15, -0.1) is 0 Å². The predicted molar refractivity (Wildman–Crippen MR) is 93.7 cm³/mol. The number of nitrogens with zero attached hydrogens (tertiary/aromatic N) is 2. The molecule has 0 atom stereocenters. The summed E-state index contributed by atoms with van der Waals surface area (Å²) >= 11 is 0. The number of amides is 2. The molecule has 1 fully saturated rings. The number of carbonyl (C=O) groups is 2. The molecule has 0 radical (unpaired) electrons. The van der Waals surface area contributed by atoms with Crippen LogP contribution in [0.4, 0.5) is 11.4 Å². The Bertz CT molecular complexity index is 518. The third-order valence-corrected chi connectivity index (χ3v) is 4.30. The number of benzene rings is 1. The van der Waals surface area contributed by atoms with Gasteiger partial charge in [-0.3, -0.25) is 9.59 Å². The molecule has 0 bridgehead atoms. The van der Waals surface area contributed by atoms with E-state index >= 15 is 0 Å². The average molecular weight is 317 g/mol. The van der Waals surface area contributed by atoms with Crippen LogP contribution >= 0.6 is 0 Å². The van der Waals surface area contributed by atoms with Crippen molar-refractivity contribution in [3.8, 4) is 0 Å². The maximum Gasteiger partial charge on any atom is 0.233 e. The minimum atomic E-state index is -0.240. The largest absolute Gasteiger partial charge is 0.372 e. The summed E-state index contributed by atoms with van der Waals surface area (Å²) in [5, 5.41) is 2.81. The van der Waals surface area contributed by atoms with Crippen LogP contribution in [0.15, 0.2) is 24.3 Å². The molecule has 0 aromatic heterocycles. The van der Waals surface area contributed by atoms with Gasteiger partial charge >= 0.3 is 0 Å². The standard InChI is InChI=1S/C18H27N3O2/c1-3-20(4-2)16-10-8-15(9-11-16)19-17(22)14-18(23)21-12-6-5-7-13-21/h8-11H,3-7,12-14H2,1-2H3,(H,19,22). The maximum atomic E-state index is 12.1. The zero-order valence-corrected chi connectivity index (χ0v) is 14.2. The number of nitrogens with one attached hydrogen (secondary N) is 1. The zero-order valence-electron chi connectivity index (χ0n) is 14.2. The molecule has 1 N–H and O–H groups in total. The number of hydrogen-bond acceptors (Lipinski definition) is 3. The lowest BCUT2D eigenvalue weighted by atomic mass is 10.1. The van der Waals surface area contributed by atoms with Crippen molar-refractivity contribution < 1.29 is 9.59 Å². The Balaban J connectivity index is 1.86. The molecule has 1 aromatic rings. The van der Waals surface area contributed by atoms with Gasteiger partial charge in [0.1, 0.15) is 6.42 Å². The summed E-state index contributed by atoms with van der Waals surface area (Å²) in [6.45, 7) is 7.70. The van der Waals surface area contributed by atoms with Crippen LogP contribution in [0.3, 0.4) is 0 Å². The van der Waals surface area contributed by atoms with Gasteiger partial charge < -0.3 is 15.1 Å². The van der Waals surface area contributed by atoms with Crippen LogP contribution in [-0.4, -0.2) is 42.9 Å². The second-order valence-corrected chi connectivity index (χ2v) is 5.89. The quantitative estimate of drug-likeness (QED) is 0.821. The third kappa shape index (κ3) is 4.98. The van der Waals surface area contributed by atoms with Crippen LogP contribution in [-0.2, 0) is 9.59 Å². The van der Waals surface area contributed by atoms with E-state index < -0.39 is 0 Å². The molecule has 1 aliphatic rings.